The van der Waals surface area contributed by atoms with Gasteiger partial charge in [0.2, 0.25) is 5.91 Å². The lowest BCUT2D eigenvalue weighted by molar-refractivity contribution is -0.127. The Morgan fingerprint density at radius 3 is 2.48 bits per heavy atom. The van der Waals surface area contributed by atoms with Crippen molar-refractivity contribution in [3.8, 4) is 5.75 Å². The van der Waals surface area contributed by atoms with Crippen LogP contribution in [0.25, 0.3) is 0 Å². The van der Waals surface area contributed by atoms with Crippen LogP contribution in [0.2, 0.25) is 0 Å². The van der Waals surface area contributed by atoms with Gasteiger partial charge in [0.25, 0.3) is 5.91 Å². The second kappa shape index (κ2) is 10.1. The number of Topliss-reactive ketones (excluding diaryl/α,β-unsaturated/α-hetero) is 1. The quantitative estimate of drug-likeness (QED) is 0.634. The molecule has 2 aromatic rings. The number of rotatable bonds is 7. The van der Waals surface area contributed by atoms with E-state index in [0.717, 1.165) is 25.2 Å². The molecule has 1 unspecified atom stereocenters. The highest BCUT2D eigenvalue weighted by Crippen LogP contribution is 2.35. The molecule has 7 heteroatoms. The number of hydrogen-bond acceptors (Lipinski definition) is 5. The highest BCUT2D eigenvalue weighted by atomic mass is 16.5. The number of carbonyl (C=O) groups is 3. The molecule has 0 spiro atoms. The minimum atomic E-state index is -0.702. The maximum atomic E-state index is 12.8. The topological polar surface area (TPSA) is 79.0 Å². The van der Waals surface area contributed by atoms with E-state index in [1.54, 1.807) is 25.1 Å². The fraction of sp³-hybridized carbons (Fsp3) is 0.423. The summed E-state index contributed by atoms with van der Waals surface area (Å²) in [5, 5.41) is 2.88. The summed E-state index contributed by atoms with van der Waals surface area (Å²) < 4.78 is 5.70. The largest absolute Gasteiger partial charge is 0.479 e. The number of nitrogens with zero attached hydrogens (tertiary/aromatic N) is 2. The molecule has 4 rings (SSSR count). The summed E-state index contributed by atoms with van der Waals surface area (Å²) in [6, 6.07) is 12.9. The number of amides is 2. The van der Waals surface area contributed by atoms with Crippen LogP contribution in [0.1, 0.15) is 56.3 Å². The van der Waals surface area contributed by atoms with Crippen molar-refractivity contribution in [1.29, 1.82) is 0 Å². The van der Waals surface area contributed by atoms with Crippen molar-refractivity contribution < 1.29 is 19.1 Å². The van der Waals surface area contributed by atoms with E-state index in [1.165, 1.54) is 24.2 Å². The van der Waals surface area contributed by atoms with Crippen molar-refractivity contribution in [2.75, 3.05) is 34.8 Å². The molecule has 174 valence electrons. The predicted molar refractivity (Wildman–Crippen MR) is 129 cm³/mol. The van der Waals surface area contributed by atoms with E-state index in [4.69, 9.17) is 4.74 Å². The molecule has 0 aromatic heterocycles. The van der Waals surface area contributed by atoms with E-state index in [1.807, 2.05) is 31.2 Å². The number of nitrogens with one attached hydrogen (secondary N) is 1. The van der Waals surface area contributed by atoms with Gasteiger partial charge in [-0.3, -0.25) is 19.3 Å². The van der Waals surface area contributed by atoms with Gasteiger partial charge in [0, 0.05) is 36.4 Å². The van der Waals surface area contributed by atoms with Gasteiger partial charge in [-0.25, -0.2) is 0 Å². The van der Waals surface area contributed by atoms with E-state index >= 15 is 0 Å². The smallest absolute Gasteiger partial charge is 0.268 e. The van der Waals surface area contributed by atoms with Gasteiger partial charge in [0.05, 0.1) is 5.69 Å². The number of piperidine rings is 1. The van der Waals surface area contributed by atoms with Crippen molar-refractivity contribution in [2.24, 2.45) is 0 Å². The molecule has 2 aliphatic heterocycles. The predicted octanol–water partition coefficient (Wildman–Crippen LogP) is 4.41. The van der Waals surface area contributed by atoms with Crippen LogP contribution in [0.15, 0.2) is 42.5 Å². The maximum Gasteiger partial charge on any atom is 0.268 e. The minimum Gasteiger partial charge on any atom is -0.479 e. The number of hydrogen-bond donors (Lipinski definition) is 1. The van der Waals surface area contributed by atoms with Gasteiger partial charge in [0.1, 0.15) is 12.3 Å². The summed E-state index contributed by atoms with van der Waals surface area (Å²) in [6.45, 7) is 5.57. The molecule has 1 atom stereocenters. The lowest BCUT2D eigenvalue weighted by Gasteiger charge is -2.33. The van der Waals surface area contributed by atoms with Crippen LogP contribution in [-0.2, 0) is 9.59 Å². The molecule has 0 bridgehead atoms. The van der Waals surface area contributed by atoms with Crippen LogP contribution in [-0.4, -0.2) is 43.3 Å². The van der Waals surface area contributed by atoms with Gasteiger partial charge in [-0.05, 0) is 75.1 Å². The molecule has 2 aromatic carbocycles. The van der Waals surface area contributed by atoms with Gasteiger partial charge >= 0.3 is 0 Å². The highest BCUT2D eigenvalue weighted by Gasteiger charge is 2.33. The lowest BCUT2D eigenvalue weighted by Crippen LogP contribution is -2.47. The van der Waals surface area contributed by atoms with Crippen LogP contribution in [0.4, 0.5) is 17.1 Å². The van der Waals surface area contributed by atoms with Crippen LogP contribution >= 0.6 is 0 Å². The summed E-state index contributed by atoms with van der Waals surface area (Å²) in [5.74, 6) is -0.115. The van der Waals surface area contributed by atoms with Crippen molar-refractivity contribution in [3.05, 3.63) is 48.0 Å². The molecule has 2 heterocycles. The molecule has 2 amide bonds. The van der Waals surface area contributed by atoms with Crippen molar-refractivity contribution in [2.45, 2.75) is 52.1 Å². The van der Waals surface area contributed by atoms with E-state index < -0.39 is 6.10 Å². The molecular weight excluding hydrogens is 418 g/mol. The average molecular weight is 450 g/mol. The standard InChI is InChI=1S/C26H31N3O4/c1-3-7-23(30)19-8-13-24-22(16-19)29(26(32)18(2)33-24)17-25(31)27-20-9-11-21(12-10-20)28-14-5-4-6-15-28/h8-13,16,18H,3-7,14-15,17H2,1-2H3,(H,27,31). The van der Waals surface area contributed by atoms with E-state index in [0.29, 0.717) is 29.1 Å². The first kappa shape index (κ1) is 22.8. The van der Waals surface area contributed by atoms with E-state index in [9.17, 15) is 14.4 Å². The van der Waals surface area contributed by atoms with E-state index in [2.05, 4.69) is 10.2 Å². The van der Waals surface area contributed by atoms with Crippen LogP contribution in [0, 0.1) is 0 Å². The minimum absolute atomic E-state index is 0.00423. The summed E-state index contributed by atoms with van der Waals surface area (Å²) >= 11 is 0. The van der Waals surface area contributed by atoms with E-state index in [-0.39, 0.29) is 24.1 Å². The van der Waals surface area contributed by atoms with Gasteiger partial charge < -0.3 is 15.0 Å². The van der Waals surface area contributed by atoms with Gasteiger partial charge in [-0.1, -0.05) is 6.92 Å². The molecule has 1 fully saturated rings. The van der Waals surface area contributed by atoms with Gasteiger partial charge in [-0.15, -0.1) is 0 Å². The summed E-state index contributed by atoms with van der Waals surface area (Å²) in [4.78, 5) is 41.8. The SMILES string of the molecule is CCCC(=O)c1ccc2c(c1)N(CC(=O)Nc1ccc(N3CCCCC3)cc1)C(=O)C(C)O2. The number of fused-ring (bicyclic) bond motifs is 1. The lowest BCUT2D eigenvalue weighted by atomic mass is 10.0. The van der Waals surface area contributed by atoms with Gasteiger partial charge in [-0.2, -0.15) is 0 Å². The monoisotopic (exact) mass is 449 g/mol. The second-order valence-corrected chi connectivity index (χ2v) is 8.68. The summed E-state index contributed by atoms with van der Waals surface area (Å²) in [7, 11) is 0. The number of ketones is 1. The van der Waals surface area contributed by atoms with Crippen molar-refractivity contribution in [1.82, 2.24) is 0 Å². The number of anilines is 3. The zero-order valence-corrected chi connectivity index (χ0v) is 19.3. The molecule has 33 heavy (non-hydrogen) atoms. The zero-order chi connectivity index (χ0) is 23.4. The molecule has 2 aliphatic rings. The fourth-order valence-corrected chi connectivity index (χ4v) is 4.37. The molecule has 0 saturated carbocycles. The van der Waals surface area contributed by atoms with Crippen molar-refractivity contribution in [3.63, 3.8) is 0 Å². The first-order valence-corrected chi connectivity index (χ1v) is 11.8. The fourth-order valence-electron chi connectivity index (χ4n) is 4.37. The molecule has 0 aliphatic carbocycles. The van der Waals surface area contributed by atoms with Gasteiger partial charge in [0.15, 0.2) is 11.9 Å². The maximum absolute atomic E-state index is 12.8. The first-order valence-electron chi connectivity index (χ1n) is 11.8. The number of carbonyl (C=O) groups excluding carboxylic acids is 3. The Labute approximate surface area is 194 Å². The second-order valence-electron chi connectivity index (χ2n) is 8.68. The number of benzene rings is 2. The average Bonchev–Trinajstić information content (AvgIpc) is 2.83. The highest BCUT2D eigenvalue weighted by molar-refractivity contribution is 6.07. The van der Waals surface area contributed by atoms with Crippen molar-refractivity contribution >= 4 is 34.7 Å². The number of ether oxygens (including phenoxy) is 1. The Kier molecular flexibility index (Phi) is 6.96. The molecular formula is C26H31N3O4. The van der Waals surface area contributed by atoms with Crippen LogP contribution in [0.5, 0.6) is 5.75 Å². The third-order valence-electron chi connectivity index (χ3n) is 6.14. The normalized spacial score (nSPS) is 17.9. The Hall–Kier alpha value is -3.35. The first-order chi connectivity index (χ1) is 16.0. The van der Waals surface area contributed by atoms with Crippen LogP contribution < -0.4 is 19.9 Å². The Morgan fingerprint density at radius 2 is 1.79 bits per heavy atom. The van der Waals surface area contributed by atoms with Crippen LogP contribution in [0.3, 0.4) is 0 Å². The molecule has 7 nitrogen and oxygen atoms in total. The molecule has 1 N–H and O–H groups in total. The Bertz CT molecular complexity index is 1030. The summed E-state index contributed by atoms with van der Waals surface area (Å²) in [6.07, 6.45) is 4.16. The molecule has 1 saturated heterocycles. The third kappa shape index (κ3) is 5.18. The third-order valence-corrected chi connectivity index (χ3v) is 6.14. The Morgan fingerprint density at radius 1 is 1.06 bits per heavy atom. The zero-order valence-electron chi connectivity index (χ0n) is 19.3. The summed E-state index contributed by atoms with van der Waals surface area (Å²) in [5.41, 5.74) is 2.81. The Balaban J connectivity index is 1.47. The molecule has 0 radical (unpaired) electrons.